The Balaban J connectivity index is 1.48. The number of aliphatic carboxylic acids is 1. The van der Waals surface area contributed by atoms with Crippen LogP contribution in [-0.2, 0) is 35.4 Å². The summed E-state index contributed by atoms with van der Waals surface area (Å²) in [5.41, 5.74) is 3.53. The minimum Gasteiger partial charge on any atom is -0.480 e. The van der Waals surface area contributed by atoms with Crippen LogP contribution in [-0.4, -0.2) is 34.0 Å². The smallest absolute Gasteiger partial charge is 0.323 e. The predicted molar refractivity (Wildman–Crippen MR) is 114 cm³/mol. The van der Waals surface area contributed by atoms with Crippen LogP contribution in [0.3, 0.4) is 0 Å². The van der Waals surface area contributed by atoms with Gasteiger partial charge in [0, 0.05) is 34.1 Å². The van der Waals surface area contributed by atoms with E-state index in [1.165, 1.54) is 12.1 Å². The molecule has 0 saturated carbocycles. The summed E-state index contributed by atoms with van der Waals surface area (Å²) >= 11 is 5.97. The van der Waals surface area contributed by atoms with Crippen LogP contribution >= 0.6 is 11.6 Å². The molecule has 7 heteroatoms. The number of carbonyl (C=O) groups is 2. The SMILES string of the molecule is O=C(O)Cn1c2c(c3cc(F)ccc31)C[C@@H](NCC(=O)Cc1cccc(Cl)c1)CC2. The maximum Gasteiger partial charge on any atom is 0.323 e. The van der Waals surface area contributed by atoms with Gasteiger partial charge in [-0.25, -0.2) is 4.39 Å². The molecule has 0 fully saturated rings. The molecular weight excluding hydrogens is 407 g/mol. The van der Waals surface area contributed by atoms with E-state index in [0.717, 1.165) is 34.1 Å². The maximum absolute atomic E-state index is 13.9. The minimum atomic E-state index is -0.925. The number of aromatic nitrogens is 1. The van der Waals surface area contributed by atoms with Gasteiger partial charge in [-0.15, -0.1) is 0 Å². The zero-order valence-corrected chi connectivity index (χ0v) is 17.1. The Morgan fingerprint density at radius 3 is 2.83 bits per heavy atom. The third kappa shape index (κ3) is 4.40. The Kier molecular flexibility index (Phi) is 5.88. The number of benzene rings is 2. The third-order valence-electron chi connectivity index (χ3n) is 5.60. The van der Waals surface area contributed by atoms with Crippen LogP contribution < -0.4 is 5.32 Å². The van der Waals surface area contributed by atoms with Gasteiger partial charge in [-0.2, -0.15) is 0 Å². The minimum absolute atomic E-state index is 0.0717. The lowest BCUT2D eigenvalue weighted by atomic mass is 9.91. The van der Waals surface area contributed by atoms with Crippen molar-refractivity contribution in [1.29, 1.82) is 0 Å². The molecule has 30 heavy (non-hydrogen) atoms. The van der Waals surface area contributed by atoms with E-state index in [1.54, 1.807) is 22.8 Å². The molecule has 0 amide bonds. The summed E-state index contributed by atoms with van der Waals surface area (Å²) in [5, 5.41) is 14.0. The van der Waals surface area contributed by atoms with E-state index < -0.39 is 5.97 Å². The Bertz CT molecular complexity index is 1130. The molecule has 2 aromatic carbocycles. The summed E-state index contributed by atoms with van der Waals surface area (Å²) < 4.78 is 15.6. The van der Waals surface area contributed by atoms with Gasteiger partial charge in [-0.3, -0.25) is 9.59 Å². The molecule has 0 aliphatic heterocycles. The molecule has 0 radical (unpaired) electrons. The number of halogens is 2. The summed E-state index contributed by atoms with van der Waals surface area (Å²) in [6, 6.07) is 11.8. The van der Waals surface area contributed by atoms with E-state index in [2.05, 4.69) is 5.32 Å². The molecule has 1 aliphatic rings. The van der Waals surface area contributed by atoms with Crippen molar-refractivity contribution in [3.05, 3.63) is 70.1 Å². The number of carboxylic acids is 1. The molecule has 1 atom stereocenters. The fourth-order valence-electron chi connectivity index (χ4n) is 4.31. The van der Waals surface area contributed by atoms with Crippen molar-refractivity contribution in [2.75, 3.05) is 6.54 Å². The Morgan fingerprint density at radius 1 is 1.23 bits per heavy atom. The first-order valence-electron chi connectivity index (χ1n) is 9.91. The van der Waals surface area contributed by atoms with E-state index in [-0.39, 0.29) is 30.7 Å². The fourth-order valence-corrected chi connectivity index (χ4v) is 4.52. The summed E-state index contributed by atoms with van der Waals surface area (Å²) in [4.78, 5) is 23.7. The number of hydrogen-bond acceptors (Lipinski definition) is 3. The van der Waals surface area contributed by atoms with Gasteiger partial charge in [0.1, 0.15) is 12.4 Å². The summed E-state index contributed by atoms with van der Waals surface area (Å²) in [6.45, 7) is 0.0995. The van der Waals surface area contributed by atoms with Crippen molar-refractivity contribution in [3.8, 4) is 0 Å². The van der Waals surface area contributed by atoms with E-state index in [0.29, 0.717) is 24.3 Å². The maximum atomic E-state index is 13.9. The normalized spacial score (nSPS) is 15.9. The highest BCUT2D eigenvalue weighted by Gasteiger charge is 2.26. The second-order valence-electron chi connectivity index (χ2n) is 7.73. The Labute approximate surface area is 178 Å². The van der Waals surface area contributed by atoms with Crippen LogP contribution in [0, 0.1) is 5.82 Å². The van der Waals surface area contributed by atoms with Crippen molar-refractivity contribution in [2.45, 2.75) is 38.3 Å². The molecule has 1 aromatic heterocycles. The molecule has 2 N–H and O–H groups in total. The molecule has 4 rings (SSSR count). The highest BCUT2D eigenvalue weighted by Crippen LogP contribution is 2.33. The van der Waals surface area contributed by atoms with Gasteiger partial charge in [-0.1, -0.05) is 23.7 Å². The fraction of sp³-hybridized carbons (Fsp3) is 0.304. The highest BCUT2D eigenvalue weighted by atomic mass is 35.5. The predicted octanol–water partition coefficient (Wildman–Crippen LogP) is 3.78. The van der Waals surface area contributed by atoms with Gasteiger partial charge in [-0.05, 0) is 60.7 Å². The zero-order chi connectivity index (χ0) is 21.3. The van der Waals surface area contributed by atoms with Crippen LogP contribution in [0.15, 0.2) is 42.5 Å². The lowest BCUT2D eigenvalue weighted by Crippen LogP contribution is -2.38. The number of carboxylic acid groups (broad SMARTS) is 1. The first-order valence-corrected chi connectivity index (χ1v) is 10.3. The summed E-state index contributed by atoms with van der Waals surface area (Å²) in [7, 11) is 0. The monoisotopic (exact) mass is 428 g/mol. The van der Waals surface area contributed by atoms with Crippen LogP contribution in [0.25, 0.3) is 10.9 Å². The Hall–Kier alpha value is -2.70. The van der Waals surface area contributed by atoms with E-state index in [9.17, 15) is 19.1 Å². The van der Waals surface area contributed by atoms with Gasteiger partial charge in [0.2, 0.25) is 0 Å². The molecule has 0 bridgehead atoms. The molecule has 3 aromatic rings. The number of nitrogens with one attached hydrogen (secondary N) is 1. The number of nitrogens with zero attached hydrogens (tertiary/aromatic N) is 1. The van der Waals surface area contributed by atoms with E-state index in [1.807, 2.05) is 12.1 Å². The zero-order valence-electron chi connectivity index (χ0n) is 16.3. The first kappa shape index (κ1) is 20.6. The van der Waals surface area contributed by atoms with Gasteiger partial charge < -0.3 is 15.0 Å². The van der Waals surface area contributed by atoms with Gasteiger partial charge in [0.15, 0.2) is 5.78 Å². The van der Waals surface area contributed by atoms with Crippen molar-refractivity contribution in [2.24, 2.45) is 0 Å². The number of Topliss-reactive ketones (excluding diaryl/α,β-unsaturated/α-hetero) is 1. The van der Waals surface area contributed by atoms with Crippen LogP contribution in [0.5, 0.6) is 0 Å². The number of hydrogen-bond donors (Lipinski definition) is 2. The summed E-state index contributed by atoms with van der Waals surface area (Å²) in [5.74, 6) is -1.20. The van der Waals surface area contributed by atoms with Crippen LogP contribution in [0.1, 0.15) is 23.2 Å². The number of fused-ring (bicyclic) bond motifs is 3. The van der Waals surface area contributed by atoms with Crippen molar-refractivity contribution in [1.82, 2.24) is 9.88 Å². The average Bonchev–Trinajstić information content (AvgIpc) is 2.98. The number of rotatable bonds is 7. The van der Waals surface area contributed by atoms with Gasteiger partial charge >= 0.3 is 5.97 Å². The molecule has 5 nitrogen and oxygen atoms in total. The molecule has 1 heterocycles. The highest BCUT2D eigenvalue weighted by molar-refractivity contribution is 6.30. The van der Waals surface area contributed by atoms with E-state index >= 15 is 0 Å². The van der Waals surface area contributed by atoms with E-state index in [4.69, 9.17) is 11.6 Å². The quantitative estimate of drug-likeness (QED) is 0.600. The van der Waals surface area contributed by atoms with Gasteiger partial charge in [0.25, 0.3) is 0 Å². The van der Waals surface area contributed by atoms with Crippen LogP contribution in [0.4, 0.5) is 4.39 Å². The third-order valence-corrected chi connectivity index (χ3v) is 5.84. The number of carbonyl (C=O) groups excluding carboxylic acids is 1. The van der Waals surface area contributed by atoms with Gasteiger partial charge in [0.05, 0.1) is 6.54 Å². The second kappa shape index (κ2) is 8.58. The van der Waals surface area contributed by atoms with Crippen LogP contribution in [0.2, 0.25) is 5.02 Å². The topological polar surface area (TPSA) is 71.3 Å². The second-order valence-corrected chi connectivity index (χ2v) is 8.17. The average molecular weight is 429 g/mol. The number of ketones is 1. The lowest BCUT2D eigenvalue weighted by Gasteiger charge is -2.24. The lowest BCUT2D eigenvalue weighted by molar-refractivity contribution is -0.137. The molecular formula is C23H22ClFN2O3. The molecule has 1 aliphatic carbocycles. The first-order chi connectivity index (χ1) is 14.4. The van der Waals surface area contributed by atoms with Crippen molar-refractivity contribution in [3.63, 3.8) is 0 Å². The molecule has 0 unspecified atom stereocenters. The molecule has 0 saturated heterocycles. The molecule has 0 spiro atoms. The summed E-state index contributed by atoms with van der Waals surface area (Å²) in [6.07, 6.45) is 2.41. The molecule has 156 valence electrons. The van der Waals surface area contributed by atoms with Crippen molar-refractivity contribution >= 4 is 34.3 Å². The Morgan fingerprint density at radius 2 is 2.07 bits per heavy atom. The largest absolute Gasteiger partial charge is 0.480 e. The van der Waals surface area contributed by atoms with Crippen molar-refractivity contribution < 1.29 is 19.1 Å². The standard InChI is InChI=1S/C23H22ClFN2O3/c24-15-3-1-2-14(8-15)9-18(28)12-26-17-5-7-22-20(11-17)19-10-16(25)4-6-21(19)27(22)13-23(29)30/h1-4,6,8,10,17,26H,5,7,9,11-13H2,(H,29,30)/t17-/m0/s1.